The SMILES string of the molecule is O=C(CCC(F)=C(F)F)N=C=S. The van der Waals surface area contributed by atoms with Crippen molar-refractivity contribution < 1.29 is 18.0 Å². The molecule has 0 atom stereocenters. The Morgan fingerprint density at radius 3 is 2.33 bits per heavy atom. The third-order valence-electron chi connectivity index (χ3n) is 0.934. The van der Waals surface area contributed by atoms with Crippen LogP contribution in [0.2, 0.25) is 0 Å². The lowest BCUT2D eigenvalue weighted by Gasteiger charge is -1.90. The van der Waals surface area contributed by atoms with E-state index in [4.69, 9.17) is 0 Å². The second-order valence-electron chi connectivity index (χ2n) is 1.76. The first-order chi connectivity index (χ1) is 5.57. The van der Waals surface area contributed by atoms with Crippen molar-refractivity contribution in [2.45, 2.75) is 12.8 Å². The average molecular weight is 195 g/mol. The number of aliphatic imine (C=N–C) groups is 1. The fourth-order valence-electron chi connectivity index (χ4n) is 0.418. The average Bonchev–Trinajstić information content (AvgIpc) is 2.00. The number of carbonyl (C=O) groups excluding carboxylic acids is 1. The van der Waals surface area contributed by atoms with Crippen molar-refractivity contribution in [2.75, 3.05) is 0 Å². The molecule has 12 heavy (non-hydrogen) atoms. The summed E-state index contributed by atoms with van der Waals surface area (Å²) in [6, 6.07) is 0. The summed E-state index contributed by atoms with van der Waals surface area (Å²) in [5.74, 6) is -2.36. The zero-order valence-electron chi connectivity index (χ0n) is 5.81. The monoisotopic (exact) mass is 195 g/mol. The Hall–Kier alpha value is -1.00. The number of hydrogen-bond acceptors (Lipinski definition) is 2. The molecule has 0 saturated carbocycles. The highest BCUT2D eigenvalue weighted by Gasteiger charge is 2.07. The van der Waals surface area contributed by atoms with Gasteiger partial charge in [0.05, 0.1) is 5.16 Å². The molecule has 0 aliphatic rings. The molecule has 1 amide bonds. The van der Waals surface area contributed by atoms with Crippen molar-refractivity contribution in [1.29, 1.82) is 0 Å². The van der Waals surface area contributed by atoms with Crippen LogP contribution in [0, 0.1) is 0 Å². The predicted octanol–water partition coefficient (Wildman–Crippen LogP) is 2.47. The third-order valence-corrected chi connectivity index (χ3v) is 1.03. The number of amides is 1. The van der Waals surface area contributed by atoms with E-state index in [1.165, 1.54) is 0 Å². The van der Waals surface area contributed by atoms with Crippen LogP contribution < -0.4 is 0 Å². The van der Waals surface area contributed by atoms with Crippen molar-refractivity contribution in [3.63, 3.8) is 0 Å². The Labute approximate surface area is 71.8 Å². The molecule has 0 spiro atoms. The lowest BCUT2D eigenvalue weighted by molar-refractivity contribution is -0.117. The van der Waals surface area contributed by atoms with Crippen LogP contribution in [0.5, 0.6) is 0 Å². The van der Waals surface area contributed by atoms with Crippen LogP contribution >= 0.6 is 12.2 Å². The number of thiocarbonyl (C=S) groups is 1. The van der Waals surface area contributed by atoms with E-state index in [2.05, 4.69) is 17.2 Å². The summed E-state index contributed by atoms with van der Waals surface area (Å²) in [7, 11) is 0. The number of isothiocyanates is 1. The molecule has 0 radical (unpaired) electrons. The van der Waals surface area contributed by atoms with E-state index >= 15 is 0 Å². The minimum Gasteiger partial charge on any atom is -0.272 e. The second-order valence-corrected chi connectivity index (χ2v) is 1.94. The first kappa shape index (κ1) is 11.0. The minimum absolute atomic E-state index is 0.424. The molecular formula is C6H4F3NOS. The zero-order valence-corrected chi connectivity index (χ0v) is 6.63. The largest absolute Gasteiger partial charge is 0.301 e. The van der Waals surface area contributed by atoms with Gasteiger partial charge in [-0.05, 0) is 12.2 Å². The van der Waals surface area contributed by atoms with E-state index in [-0.39, 0.29) is 0 Å². The van der Waals surface area contributed by atoms with E-state index in [1.54, 1.807) is 5.16 Å². The highest BCUT2D eigenvalue weighted by Crippen LogP contribution is 2.14. The number of carbonyl (C=O) groups is 1. The molecule has 0 saturated heterocycles. The molecule has 0 fully saturated rings. The molecule has 66 valence electrons. The van der Waals surface area contributed by atoms with E-state index in [0.29, 0.717) is 0 Å². The maximum absolute atomic E-state index is 12.0. The number of rotatable bonds is 3. The fourth-order valence-corrected chi connectivity index (χ4v) is 0.520. The van der Waals surface area contributed by atoms with Gasteiger partial charge >= 0.3 is 6.08 Å². The normalized spacial score (nSPS) is 8.58. The van der Waals surface area contributed by atoms with Gasteiger partial charge in [-0.25, -0.2) is 4.39 Å². The highest BCUT2D eigenvalue weighted by atomic mass is 32.1. The van der Waals surface area contributed by atoms with Crippen LogP contribution in [0.25, 0.3) is 0 Å². The summed E-state index contributed by atoms with van der Waals surface area (Å²) in [6.07, 6.45) is -3.48. The Kier molecular flexibility index (Phi) is 5.16. The number of nitrogens with zero attached hydrogens (tertiary/aromatic N) is 1. The van der Waals surface area contributed by atoms with E-state index in [1.807, 2.05) is 0 Å². The van der Waals surface area contributed by atoms with Crippen molar-refractivity contribution >= 4 is 23.3 Å². The van der Waals surface area contributed by atoms with Crippen LogP contribution in [-0.4, -0.2) is 11.1 Å². The van der Waals surface area contributed by atoms with Crippen LogP contribution in [0.15, 0.2) is 16.9 Å². The van der Waals surface area contributed by atoms with Gasteiger partial charge < -0.3 is 0 Å². The van der Waals surface area contributed by atoms with Gasteiger partial charge in [0.1, 0.15) is 0 Å². The smallest absolute Gasteiger partial charge is 0.272 e. The van der Waals surface area contributed by atoms with Crippen LogP contribution in [0.3, 0.4) is 0 Å². The predicted molar refractivity (Wildman–Crippen MR) is 39.6 cm³/mol. The molecule has 0 aliphatic heterocycles. The molecule has 0 bridgehead atoms. The maximum Gasteiger partial charge on any atom is 0.301 e. The molecule has 0 heterocycles. The molecule has 2 nitrogen and oxygen atoms in total. The van der Waals surface area contributed by atoms with E-state index in [0.717, 1.165) is 0 Å². The lowest BCUT2D eigenvalue weighted by Crippen LogP contribution is -1.92. The van der Waals surface area contributed by atoms with Gasteiger partial charge in [0.2, 0.25) is 0 Å². The Morgan fingerprint density at radius 2 is 1.92 bits per heavy atom. The molecule has 0 aromatic rings. The third kappa shape index (κ3) is 4.76. The van der Waals surface area contributed by atoms with E-state index < -0.39 is 30.7 Å². The van der Waals surface area contributed by atoms with Crippen molar-refractivity contribution in [3.8, 4) is 0 Å². The van der Waals surface area contributed by atoms with Gasteiger partial charge in [0, 0.05) is 12.8 Å². The maximum atomic E-state index is 12.0. The molecular weight excluding hydrogens is 191 g/mol. The van der Waals surface area contributed by atoms with Crippen LogP contribution in [0.4, 0.5) is 13.2 Å². The van der Waals surface area contributed by atoms with Crippen LogP contribution in [0.1, 0.15) is 12.8 Å². The van der Waals surface area contributed by atoms with Crippen molar-refractivity contribution in [3.05, 3.63) is 11.9 Å². The zero-order chi connectivity index (χ0) is 9.56. The van der Waals surface area contributed by atoms with Crippen LogP contribution in [-0.2, 0) is 4.79 Å². The minimum atomic E-state index is -2.41. The Balaban J connectivity index is 3.93. The molecule has 6 heteroatoms. The number of allylic oxidation sites excluding steroid dienone is 1. The number of hydrogen-bond donors (Lipinski definition) is 0. The Bertz CT molecular complexity index is 254. The fraction of sp³-hybridized carbons (Fsp3) is 0.333. The molecule has 0 unspecified atom stereocenters. The van der Waals surface area contributed by atoms with Gasteiger partial charge in [-0.1, -0.05) is 0 Å². The van der Waals surface area contributed by atoms with Gasteiger partial charge in [0.25, 0.3) is 5.91 Å². The first-order valence-corrected chi connectivity index (χ1v) is 3.29. The first-order valence-electron chi connectivity index (χ1n) is 2.88. The summed E-state index contributed by atoms with van der Waals surface area (Å²) in [5, 5.41) is 1.75. The van der Waals surface area contributed by atoms with Gasteiger partial charge in [-0.3, -0.25) is 4.79 Å². The summed E-state index contributed by atoms with van der Waals surface area (Å²) in [5.41, 5.74) is 0. The number of halogens is 3. The highest BCUT2D eigenvalue weighted by molar-refractivity contribution is 7.78. The summed E-state index contributed by atoms with van der Waals surface area (Å²) in [4.78, 5) is 13.4. The van der Waals surface area contributed by atoms with Gasteiger partial charge in [-0.15, -0.1) is 0 Å². The van der Waals surface area contributed by atoms with Gasteiger partial charge in [0.15, 0.2) is 5.83 Å². The molecule has 0 N–H and O–H groups in total. The molecule has 0 rings (SSSR count). The lowest BCUT2D eigenvalue weighted by atomic mass is 10.3. The molecule has 0 aromatic heterocycles. The summed E-state index contributed by atoms with van der Waals surface area (Å²) >= 11 is 4.07. The summed E-state index contributed by atoms with van der Waals surface area (Å²) < 4.78 is 34.8. The Morgan fingerprint density at radius 1 is 1.33 bits per heavy atom. The topological polar surface area (TPSA) is 29.4 Å². The summed E-state index contributed by atoms with van der Waals surface area (Å²) in [6.45, 7) is 0. The van der Waals surface area contributed by atoms with Crippen molar-refractivity contribution in [1.82, 2.24) is 0 Å². The molecule has 0 aromatic carbocycles. The quantitative estimate of drug-likeness (QED) is 0.511. The van der Waals surface area contributed by atoms with E-state index in [9.17, 15) is 18.0 Å². The standard InChI is InChI=1S/C6H4F3NOS/c7-4(6(8)9)1-2-5(11)10-3-12/h1-2H2. The second kappa shape index (κ2) is 5.62. The molecule has 0 aliphatic carbocycles. The van der Waals surface area contributed by atoms with Crippen molar-refractivity contribution in [2.24, 2.45) is 4.99 Å². The van der Waals surface area contributed by atoms with Gasteiger partial charge in [-0.2, -0.15) is 13.8 Å².